The van der Waals surface area contributed by atoms with Crippen molar-refractivity contribution in [1.82, 2.24) is 0 Å². The van der Waals surface area contributed by atoms with Gasteiger partial charge in [-0.2, -0.15) is 0 Å². The third kappa shape index (κ3) is 1.81. The molecule has 2 aliphatic carbocycles. The molecule has 2 rings (SSSR count). The third-order valence-electron chi connectivity index (χ3n) is 2.22. The van der Waals surface area contributed by atoms with E-state index in [2.05, 4.69) is 0 Å². The van der Waals surface area contributed by atoms with E-state index in [0.29, 0.717) is 0 Å². The van der Waals surface area contributed by atoms with Crippen molar-refractivity contribution < 1.29 is 4.79 Å². The second-order valence-electron chi connectivity index (χ2n) is 2.92. The van der Waals surface area contributed by atoms with Gasteiger partial charge in [-0.1, -0.05) is 19.3 Å². The van der Waals surface area contributed by atoms with E-state index >= 15 is 0 Å². The normalized spacial score (nSPS) is 36.1. The van der Waals surface area contributed by atoms with Gasteiger partial charge in [-0.15, -0.1) is 0 Å². The molecule has 1 heteroatoms. The van der Waals surface area contributed by atoms with Gasteiger partial charge in [0, 0.05) is 0 Å². The topological polar surface area (TPSA) is 17.1 Å². The fraction of sp³-hybridized carbons (Fsp3) is 0.875. The molecule has 0 amide bonds. The molecule has 52 valence electrons. The fourth-order valence-corrected chi connectivity index (χ4v) is 1.66. The molecule has 0 saturated heterocycles. The molecule has 0 bridgehead atoms. The first kappa shape index (κ1) is 6.79. The van der Waals surface area contributed by atoms with Crippen LogP contribution in [0.1, 0.15) is 32.6 Å². The fourth-order valence-electron chi connectivity index (χ4n) is 1.66. The van der Waals surface area contributed by atoms with Gasteiger partial charge < -0.3 is 4.79 Å². The molecule has 2 atom stereocenters. The van der Waals surface area contributed by atoms with Crippen molar-refractivity contribution in [2.75, 3.05) is 0 Å². The molecule has 2 saturated carbocycles. The highest BCUT2D eigenvalue weighted by Gasteiger charge is 2.40. The molecule has 2 unspecified atom stereocenters. The van der Waals surface area contributed by atoms with E-state index in [-0.39, 0.29) is 0 Å². The van der Waals surface area contributed by atoms with Crippen LogP contribution in [0.25, 0.3) is 0 Å². The van der Waals surface area contributed by atoms with Crippen LogP contribution >= 0.6 is 0 Å². The molecule has 0 aromatic carbocycles. The molecule has 2 fully saturated rings. The highest BCUT2D eigenvalue weighted by Crippen LogP contribution is 2.51. The SMILES string of the molecule is C1CC2CC2C1.CC=O. The van der Waals surface area contributed by atoms with Crippen LogP contribution in [-0.2, 0) is 4.79 Å². The monoisotopic (exact) mass is 126 g/mol. The van der Waals surface area contributed by atoms with Crippen LogP contribution in [0.3, 0.4) is 0 Å². The molecular formula is C8H14O. The maximum absolute atomic E-state index is 8.81. The Balaban J connectivity index is 0.000000120. The highest BCUT2D eigenvalue weighted by atomic mass is 16.1. The number of hydrogen-bond donors (Lipinski definition) is 0. The lowest BCUT2D eigenvalue weighted by molar-refractivity contribution is -0.106. The summed E-state index contributed by atoms with van der Waals surface area (Å²) in [6.45, 7) is 1.44. The minimum Gasteiger partial charge on any atom is -0.304 e. The van der Waals surface area contributed by atoms with Crippen molar-refractivity contribution >= 4 is 6.29 Å². The number of aldehydes is 1. The van der Waals surface area contributed by atoms with Crippen LogP contribution in [0.5, 0.6) is 0 Å². The van der Waals surface area contributed by atoms with E-state index in [1.807, 2.05) is 0 Å². The second-order valence-corrected chi connectivity index (χ2v) is 2.92. The molecule has 0 aromatic heterocycles. The highest BCUT2D eigenvalue weighted by molar-refractivity contribution is 5.44. The second kappa shape index (κ2) is 3.00. The average Bonchev–Trinajstić information content (AvgIpc) is 2.43. The summed E-state index contributed by atoms with van der Waals surface area (Å²) in [5.74, 6) is 2.43. The lowest BCUT2D eigenvalue weighted by Gasteiger charge is -1.80. The van der Waals surface area contributed by atoms with Crippen molar-refractivity contribution in [3.8, 4) is 0 Å². The van der Waals surface area contributed by atoms with Gasteiger partial charge in [0.1, 0.15) is 6.29 Å². The van der Waals surface area contributed by atoms with Gasteiger partial charge in [-0.3, -0.25) is 0 Å². The van der Waals surface area contributed by atoms with Gasteiger partial charge in [-0.25, -0.2) is 0 Å². The maximum Gasteiger partial charge on any atom is 0.116 e. The Bertz CT molecular complexity index is 90.7. The average molecular weight is 126 g/mol. The summed E-state index contributed by atoms with van der Waals surface area (Å²) in [5, 5.41) is 0. The Kier molecular flexibility index (Phi) is 2.26. The van der Waals surface area contributed by atoms with Gasteiger partial charge in [0.05, 0.1) is 0 Å². The number of fused-ring (bicyclic) bond motifs is 1. The Labute approximate surface area is 56.4 Å². The van der Waals surface area contributed by atoms with Crippen LogP contribution in [0.15, 0.2) is 0 Å². The first-order valence-electron chi connectivity index (χ1n) is 3.78. The summed E-state index contributed by atoms with van der Waals surface area (Å²) < 4.78 is 0. The van der Waals surface area contributed by atoms with Crippen molar-refractivity contribution in [3.05, 3.63) is 0 Å². The summed E-state index contributed by atoms with van der Waals surface area (Å²) in [7, 11) is 0. The lowest BCUT2D eigenvalue weighted by atomic mass is 10.3. The number of carbonyl (C=O) groups excluding carboxylic acids is 1. The summed E-state index contributed by atoms with van der Waals surface area (Å²) in [5.41, 5.74) is 0. The Hall–Kier alpha value is -0.330. The molecule has 9 heavy (non-hydrogen) atoms. The number of carbonyl (C=O) groups is 1. The van der Waals surface area contributed by atoms with Crippen LogP contribution < -0.4 is 0 Å². The molecule has 0 aliphatic heterocycles. The first-order chi connectivity index (χ1) is 4.38. The zero-order valence-corrected chi connectivity index (χ0v) is 5.97. The minimum atomic E-state index is 0.750. The van der Waals surface area contributed by atoms with E-state index in [9.17, 15) is 0 Å². The zero-order chi connectivity index (χ0) is 6.69. The largest absolute Gasteiger partial charge is 0.304 e. The Morgan fingerprint density at radius 2 is 1.78 bits per heavy atom. The number of rotatable bonds is 0. The van der Waals surface area contributed by atoms with Crippen molar-refractivity contribution in [2.24, 2.45) is 11.8 Å². The third-order valence-corrected chi connectivity index (χ3v) is 2.22. The van der Waals surface area contributed by atoms with E-state index in [1.54, 1.807) is 19.3 Å². The Morgan fingerprint density at radius 1 is 1.33 bits per heavy atom. The predicted molar refractivity (Wildman–Crippen MR) is 37.2 cm³/mol. The van der Waals surface area contributed by atoms with Crippen molar-refractivity contribution in [2.45, 2.75) is 32.6 Å². The number of hydrogen-bond acceptors (Lipinski definition) is 1. The zero-order valence-electron chi connectivity index (χ0n) is 5.97. The minimum absolute atomic E-state index is 0.750. The van der Waals surface area contributed by atoms with E-state index in [0.717, 1.165) is 6.29 Å². The lowest BCUT2D eigenvalue weighted by Crippen LogP contribution is -1.64. The van der Waals surface area contributed by atoms with Crippen molar-refractivity contribution in [1.29, 1.82) is 0 Å². The molecular weight excluding hydrogens is 112 g/mol. The molecule has 0 heterocycles. The quantitative estimate of drug-likeness (QED) is 0.454. The van der Waals surface area contributed by atoms with Gasteiger partial charge >= 0.3 is 0 Å². The van der Waals surface area contributed by atoms with Gasteiger partial charge in [0.15, 0.2) is 0 Å². The van der Waals surface area contributed by atoms with Gasteiger partial charge in [-0.05, 0) is 25.2 Å². The smallest absolute Gasteiger partial charge is 0.116 e. The van der Waals surface area contributed by atoms with Crippen LogP contribution in [0.2, 0.25) is 0 Å². The van der Waals surface area contributed by atoms with E-state index < -0.39 is 0 Å². The maximum atomic E-state index is 8.81. The van der Waals surface area contributed by atoms with Gasteiger partial charge in [0.25, 0.3) is 0 Å². The van der Waals surface area contributed by atoms with E-state index in [1.165, 1.54) is 25.2 Å². The van der Waals surface area contributed by atoms with Crippen LogP contribution in [0.4, 0.5) is 0 Å². The van der Waals surface area contributed by atoms with E-state index in [4.69, 9.17) is 4.79 Å². The Morgan fingerprint density at radius 3 is 1.89 bits per heavy atom. The predicted octanol–water partition coefficient (Wildman–Crippen LogP) is 2.01. The first-order valence-corrected chi connectivity index (χ1v) is 3.78. The summed E-state index contributed by atoms with van der Waals surface area (Å²) in [6, 6.07) is 0. The van der Waals surface area contributed by atoms with Crippen molar-refractivity contribution in [3.63, 3.8) is 0 Å². The summed E-state index contributed by atoms with van der Waals surface area (Å²) >= 11 is 0. The van der Waals surface area contributed by atoms with Gasteiger partial charge in [0.2, 0.25) is 0 Å². The summed E-state index contributed by atoms with van der Waals surface area (Å²) in [4.78, 5) is 8.81. The molecule has 1 nitrogen and oxygen atoms in total. The summed E-state index contributed by atoms with van der Waals surface area (Å²) in [6.07, 6.45) is 6.99. The molecule has 0 radical (unpaired) electrons. The molecule has 0 spiro atoms. The molecule has 2 aliphatic rings. The standard InChI is InChI=1S/C6H10.C2H4O/c1-2-5-4-6(5)3-1;1-2-3/h5-6H,1-4H2;2H,1H3. The van der Waals surface area contributed by atoms with Crippen LogP contribution in [0, 0.1) is 11.8 Å². The molecule has 0 N–H and O–H groups in total. The van der Waals surface area contributed by atoms with Crippen LogP contribution in [-0.4, -0.2) is 6.29 Å². The molecule has 0 aromatic rings.